The van der Waals surface area contributed by atoms with Gasteiger partial charge in [0.05, 0.1) is 13.2 Å². The third kappa shape index (κ3) is 2.61. The van der Waals surface area contributed by atoms with E-state index in [2.05, 4.69) is 5.16 Å². The minimum atomic E-state index is -0.138. The van der Waals surface area contributed by atoms with Crippen molar-refractivity contribution >= 4 is 11.6 Å². The van der Waals surface area contributed by atoms with Crippen LogP contribution in [0.2, 0.25) is 0 Å². The molecule has 2 heterocycles. The minimum Gasteiger partial charge on any atom is -0.387 e. The van der Waals surface area contributed by atoms with Gasteiger partial charge in [0, 0.05) is 19.5 Å². The summed E-state index contributed by atoms with van der Waals surface area (Å²) in [6.45, 7) is 2.46. The van der Waals surface area contributed by atoms with E-state index in [4.69, 9.17) is 9.57 Å². The predicted octanol–water partition coefficient (Wildman–Crippen LogP) is 1.36. The Bertz CT molecular complexity index is 481. The molecule has 0 spiro atoms. The highest BCUT2D eigenvalue weighted by molar-refractivity contribution is 6.39. The van der Waals surface area contributed by atoms with Gasteiger partial charge in [-0.3, -0.25) is 4.79 Å². The van der Waals surface area contributed by atoms with E-state index in [1.54, 1.807) is 4.90 Å². The summed E-state index contributed by atoms with van der Waals surface area (Å²) >= 11 is 0. The van der Waals surface area contributed by atoms with Gasteiger partial charge in [0.1, 0.15) is 5.71 Å². The van der Waals surface area contributed by atoms with Crippen LogP contribution < -0.4 is 0 Å². The summed E-state index contributed by atoms with van der Waals surface area (Å²) in [4.78, 5) is 19.4. The molecule has 0 saturated carbocycles. The first-order valence-electron chi connectivity index (χ1n) is 6.49. The van der Waals surface area contributed by atoms with E-state index in [9.17, 15) is 4.79 Å². The molecule has 0 aliphatic carbocycles. The van der Waals surface area contributed by atoms with E-state index in [1.165, 1.54) is 0 Å². The lowest BCUT2D eigenvalue weighted by atomic mass is 10.0. The van der Waals surface area contributed by atoms with Gasteiger partial charge < -0.3 is 14.5 Å². The van der Waals surface area contributed by atoms with Crippen molar-refractivity contribution in [3.05, 3.63) is 35.9 Å². The van der Waals surface area contributed by atoms with Crippen molar-refractivity contribution in [1.29, 1.82) is 0 Å². The Balaban J connectivity index is 1.63. The van der Waals surface area contributed by atoms with E-state index in [0.717, 1.165) is 5.56 Å². The van der Waals surface area contributed by atoms with E-state index >= 15 is 0 Å². The maximum Gasteiger partial charge on any atom is 0.271 e. The Kier molecular flexibility index (Phi) is 3.46. The van der Waals surface area contributed by atoms with E-state index in [0.29, 0.717) is 38.4 Å². The number of morpholine rings is 1. The van der Waals surface area contributed by atoms with Gasteiger partial charge in [0.15, 0.2) is 6.10 Å². The van der Waals surface area contributed by atoms with Gasteiger partial charge in [-0.25, -0.2) is 0 Å². The number of rotatable bonds is 2. The van der Waals surface area contributed by atoms with Crippen LogP contribution in [0.4, 0.5) is 0 Å². The largest absolute Gasteiger partial charge is 0.387 e. The highest BCUT2D eigenvalue weighted by Gasteiger charge is 2.30. The lowest BCUT2D eigenvalue weighted by Crippen LogP contribution is -2.43. The Morgan fingerprint density at radius 1 is 1.21 bits per heavy atom. The standard InChI is InChI=1S/C14H16N2O3/c17-14(16-6-8-18-9-7-16)12-10-13(19-15-12)11-4-2-1-3-5-11/h1-5,13H,6-10H2. The molecule has 3 rings (SSSR count). The number of ether oxygens (including phenoxy) is 1. The summed E-state index contributed by atoms with van der Waals surface area (Å²) < 4.78 is 5.24. The van der Waals surface area contributed by atoms with Crippen LogP contribution in [0.15, 0.2) is 35.5 Å². The highest BCUT2D eigenvalue weighted by Crippen LogP contribution is 2.27. The Hall–Kier alpha value is -1.88. The topological polar surface area (TPSA) is 51.1 Å². The van der Waals surface area contributed by atoms with Gasteiger partial charge in [-0.15, -0.1) is 0 Å². The molecule has 1 fully saturated rings. The number of nitrogens with zero attached hydrogens (tertiary/aromatic N) is 2. The monoisotopic (exact) mass is 260 g/mol. The maximum absolute atomic E-state index is 12.2. The summed E-state index contributed by atoms with van der Waals surface area (Å²) in [5.74, 6) is -0.0262. The molecule has 2 aliphatic rings. The average molecular weight is 260 g/mol. The molecule has 2 aliphatic heterocycles. The van der Waals surface area contributed by atoms with Crippen LogP contribution in [0, 0.1) is 0 Å². The molecule has 1 aromatic rings. The molecule has 0 N–H and O–H groups in total. The fourth-order valence-corrected chi connectivity index (χ4v) is 2.30. The van der Waals surface area contributed by atoms with Gasteiger partial charge >= 0.3 is 0 Å². The summed E-state index contributed by atoms with van der Waals surface area (Å²) in [7, 11) is 0. The molecule has 1 atom stereocenters. The Morgan fingerprint density at radius 2 is 1.95 bits per heavy atom. The number of hydrogen-bond donors (Lipinski definition) is 0. The van der Waals surface area contributed by atoms with Crippen molar-refractivity contribution in [3.8, 4) is 0 Å². The highest BCUT2D eigenvalue weighted by atomic mass is 16.6. The first-order chi connectivity index (χ1) is 9.34. The molecule has 0 aromatic heterocycles. The van der Waals surface area contributed by atoms with Crippen molar-refractivity contribution in [2.75, 3.05) is 26.3 Å². The quantitative estimate of drug-likeness (QED) is 0.807. The molecule has 0 radical (unpaired) electrons. The number of benzene rings is 1. The fourth-order valence-electron chi connectivity index (χ4n) is 2.30. The summed E-state index contributed by atoms with van der Waals surface area (Å²) in [5, 5.41) is 3.95. The first-order valence-corrected chi connectivity index (χ1v) is 6.49. The van der Waals surface area contributed by atoms with Gasteiger partial charge in [0.2, 0.25) is 0 Å². The molecule has 1 unspecified atom stereocenters. The SMILES string of the molecule is O=C(C1=NOC(c2ccccc2)C1)N1CCOCC1. The zero-order chi connectivity index (χ0) is 13.1. The van der Waals surface area contributed by atoms with Crippen LogP contribution in [0.3, 0.4) is 0 Å². The van der Waals surface area contributed by atoms with E-state index in [1.807, 2.05) is 30.3 Å². The first kappa shape index (κ1) is 12.2. The van der Waals surface area contributed by atoms with Crippen LogP contribution >= 0.6 is 0 Å². The second kappa shape index (κ2) is 5.40. The normalized spacial score (nSPS) is 22.8. The van der Waals surface area contributed by atoms with E-state index in [-0.39, 0.29) is 12.0 Å². The van der Waals surface area contributed by atoms with Crippen molar-refractivity contribution in [2.24, 2.45) is 5.16 Å². The number of carbonyl (C=O) groups excluding carboxylic acids is 1. The predicted molar refractivity (Wildman–Crippen MR) is 69.7 cm³/mol. The Labute approximate surface area is 111 Å². The fraction of sp³-hybridized carbons (Fsp3) is 0.429. The number of oxime groups is 1. The molecular formula is C14H16N2O3. The zero-order valence-corrected chi connectivity index (χ0v) is 10.6. The average Bonchev–Trinajstić information content (AvgIpc) is 2.98. The molecule has 5 heteroatoms. The maximum atomic E-state index is 12.2. The minimum absolute atomic E-state index is 0.0262. The summed E-state index contributed by atoms with van der Waals surface area (Å²) in [6, 6.07) is 9.85. The molecule has 19 heavy (non-hydrogen) atoms. The van der Waals surface area contributed by atoms with Crippen LogP contribution in [0.1, 0.15) is 18.1 Å². The number of hydrogen-bond acceptors (Lipinski definition) is 4. The lowest BCUT2D eigenvalue weighted by molar-refractivity contribution is -0.128. The molecular weight excluding hydrogens is 244 g/mol. The van der Waals surface area contributed by atoms with Gasteiger partial charge in [-0.2, -0.15) is 0 Å². The van der Waals surface area contributed by atoms with Crippen LogP contribution in [0.5, 0.6) is 0 Å². The molecule has 0 bridgehead atoms. The molecule has 5 nitrogen and oxygen atoms in total. The molecule has 1 aromatic carbocycles. The van der Waals surface area contributed by atoms with E-state index < -0.39 is 0 Å². The second-order valence-electron chi connectivity index (χ2n) is 4.65. The Morgan fingerprint density at radius 3 is 2.68 bits per heavy atom. The van der Waals surface area contributed by atoms with Crippen molar-refractivity contribution < 1.29 is 14.4 Å². The summed E-state index contributed by atoms with van der Waals surface area (Å²) in [6.07, 6.45) is 0.404. The van der Waals surface area contributed by atoms with Crippen LogP contribution in [0.25, 0.3) is 0 Å². The molecule has 100 valence electrons. The zero-order valence-electron chi connectivity index (χ0n) is 10.6. The van der Waals surface area contributed by atoms with Crippen LogP contribution in [-0.4, -0.2) is 42.8 Å². The van der Waals surface area contributed by atoms with Crippen LogP contribution in [-0.2, 0) is 14.4 Å². The van der Waals surface area contributed by atoms with Crippen molar-refractivity contribution in [3.63, 3.8) is 0 Å². The van der Waals surface area contributed by atoms with Gasteiger partial charge in [-0.1, -0.05) is 35.5 Å². The van der Waals surface area contributed by atoms with Crippen molar-refractivity contribution in [1.82, 2.24) is 4.90 Å². The lowest BCUT2D eigenvalue weighted by Gasteiger charge is -2.26. The third-order valence-corrected chi connectivity index (χ3v) is 3.39. The second-order valence-corrected chi connectivity index (χ2v) is 4.65. The third-order valence-electron chi connectivity index (χ3n) is 3.39. The number of amides is 1. The molecule has 1 amide bonds. The smallest absolute Gasteiger partial charge is 0.271 e. The van der Waals surface area contributed by atoms with Gasteiger partial charge in [0.25, 0.3) is 5.91 Å². The van der Waals surface area contributed by atoms with Gasteiger partial charge in [-0.05, 0) is 5.56 Å². The van der Waals surface area contributed by atoms with Crippen molar-refractivity contribution in [2.45, 2.75) is 12.5 Å². The summed E-state index contributed by atoms with van der Waals surface area (Å²) in [5.41, 5.74) is 1.56. The molecule has 1 saturated heterocycles. The number of carbonyl (C=O) groups is 1.